The highest BCUT2D eigenvalue weighted by Crippen LogP contribution is 2.37. The molecule has 2 aliphatic carbocycles. The third kappa shape index (κ3) is 5.31. The van der Waals surface area contributed by atoms with Crippen LogP contribution < -0.4 is 0 Å². The Balaban J connectivity index is 1.72. The average molecular weight is 289 g/mol. The standard InChI is InChI=1S/C21H36/c1-4-17(2)18(3)11-12-19-13-15-21(16-14-19)20-9-7-5-6-8-10-20/h7,9-10,17-19,21H,4-6,8,11-16H2,1-3H3. The molecule has 0 saturated heterocycles. The first-order valence-electron chi connectivity index (χ1n) is 9.57. The van der Waals surface area contributed by atoms with Gasteiger partial charge >= 0.3 is 0 Å². The van der Waals surface area contributed by atoms with Crippen molar-refractivity contribution in [3.05, 3.63) is 23.8 Å². The molecule has 2 atom stereocenters. The minimum atomic E-state index is 0.877. The molecule has 0 spiro atoms. The molecule has 2 aliphatic rings. The second-order valence-corrected chi connectivity index (χ2v) is 7.70. The maximum atomic E-state index is 2.53. The van der Waals surface area contributed by atoms with Crippen LogP contribution in [0.1, 0.15) is 85.0 Å². The fourth-order valence-corrected chi connectivity index (χ4v) is 4.06. The Morgan fingerprint density at radius 3 is 2.52 bits per heavy atom. The summed E-state index contributed by atoms with van der Waals surface area (Å²) in [4.78, 5) is 0. The minimum absolute atomic E-state index is 0.877. The molecule has 0 heteroatoms. The van der Waals surface area contributed by atoms with Crippen LogP contribution in [0.5, 0.6) is 0 Å². The van der Waals surface area contributed by atoms with Gasteiger partial charge in [0.2, 0.25) is 0 Å². The number of rotatable bonds is 6. The Bertz CT molecular complexity index is 341. The number of hydrogen-bond donors (Lipinski definition) is 0. The van der Waals surface area contributed by atoms with Crippen molar-refractivity contribution < 1.29 is 0 Å². The van der Waals surface area contributed by atoms with E-state index in [1.165, 1.54) is 64.2 Å². The highest BCUT2D eigenvalue weighted by atomic mass is 14.3. The zero-order chi connectivity index (χ0) is 15.1. The molecule has 0 radical (unpaired) electrons. The maximum Gasteiger partial charge on any atom is -0.0165 e. The van der Waals surface area contributed by atoms with Gasteiger partial charge in [-0.05, 0) is 74.2 Å². The van der Waals surface area contributed by atoms with Crippen LogP contribution in [0.25, 0.3) is 0 Å². The first-order chi connectivity index (χ1) is 10.2. The van der Waals surface area contributed by atoms with E-state index in [0.29, 0.717) is 0 Å². The summed E-state index contributed by atoms with van der Waals surface area (Å²) in [7, 11) is 0. The van der Waals surface area contributed by atoms with Gasteiger partial charge in [-0.15, -0.1) is 0 Å². The molecule has 0 nitrogen and oxygen atoms in total. The van der Waals surface area contributed by atoms with Gasteiger partial charge in [0.25, 0.3) is 0 Å². The molecular weight excluding hydrogens is 252 g/mol. The first kappa shape index (κ1) is 16.8. The van der Waals surface area contributed by atoms with Crippen molar-refractivity contribution in [1.82, 2.24) is 0 Å². The topological polar surface area (TPSA) is 0 Å². The molecule has 0 heterocycles. The van der Waals surface area contributed by atoms with Gasteiger partial charge in [-0.1, -0.05) is 58.3 Å². The lowest BCUT2D eigenvalue weighted by Gasteiger charge is -2.30. The van der Waals surface area contributed by atoms with Gasteiger partial charge in [-0.2, -0.15) is 0 Å². The Morgan fingerprint density at radius 2 is 1.81 bits per heavy atom. The zero-order valence-electron chi connectivity index (χ0n) is 14.6. The van der Waals surface area contributed by atoms with Crippen LogP contribution in [-0.4, -0.2) is 0 Å². The summed E-state index contributed by atoms with van der Waals surface area (Å²) in [5.41, 5.74) is 1.67. The Labute approximate surface area is 133 Å². The number of allylic oxidation sites excluding steroid dienone is 4. The second-order valence-electron chi connectivity index (χ2n) is 7.70. The van der Waals surface area contributed by atoms with Crippen molar-refractivity contribution in [2.45, 2.75) is 85.0 Å². The molecule has 0 aromatic heterocycles. The Hall–Kier alpha value is -0.520. The molecule has 1 saturated carbocycles. The van der Waals surface area contributed by atoms with Crippen molar-refractivity contribution in [2.24, 2.45) is 23.7 Å². The maximum absolute atomic E-state index is 2.53. The van der Waals surface area contributed by atoms with E-state index < -0.39 is 0 Å². The Morgan fingerprint density at radius 1 is 1.05 bits per heavy atom. The normalized spacial score (nSPS) is 29.6. The zero-order valence-corrected chi connectivity index (χ0v) is 14.6. The lowest BCUT2D eigenvalue weighted by atomic mass is 9.75. The summed E-state index contributed by atoms with van der Waals surface area (Å²) in [5.74, 6) is 3.72. The van der Waals surface area contributed by atoms with Crippen molar-refractivity contribution in [3.63, 3.8) is 0 Å². The van der Waals surface area contributed by atoms with Crippen LogP contribution in [-0.2, 0) is 0 Å². The monoisotopic (exact) mass is 288 g/mol. The minimum Gasteiger partial charge on any atom is -0.0843 e. The van der Waals surface area contributed by atoms with Gasteiger partial charge in [-0.3, -0.25) is 0 Å². The summed E-state index contributed by atoms with van der Waals surface area (Å²) in [5, 5.41) is 0. The molecule has 0 N–H and O–H groups in total. The predicted octanol–water partition coefficient (Wildman–Crippen LogP) is 6.92. The highest BCUT2D eigenvalue weighted by Gasteiger charge is 2.23. The van der Waals surface area contributed by atoms with Crippen molar-refractivity contribution in [3.8, 4) is 0 Å². The van der Waals surface area contributed by atoms with Crippen LogP contribution in [0.4, 0.5) is 0 Å². The van der Waals surface area contributed by atoms with Gasteiger partial charge in [-0.25, -0.2) is 0 Å². The molecule has 2 unspecified atom stereocenters. The highest BCUT2D eigenvalue weighted by molar-refractivity contribution is 5.23. The predicted molar refractivity (Wildman–Crippen MR) is 94.4 cm³/mol. The fraction of sp³-hybridized carbons (Fsp3) is 0.810. The largest absolute Gasteiger partial charge is 0.0843 e. The van der Waals surface area contributed by atoms with E-state index in [1.807, 2.05) is 0 Å². The van der Waals surface area contributed by atoms with Gasteiger partial charge in [0.05, 0.1) is 0 Å². The summed E-state index contributed by atoms with van der Waals surface area (Å²) >= 11 is 0. The van der Waals surface area contributed by atoms with Gasteiger partial charge in [0.1, 0.15) is 0 Å². The molecule has 120 valence electrons. The lowest BCUT2D eigenvalue weighted by molar-refractivity contribution is 0.254. The van der Waals surface area contributed by atoms with E-state index >= 15 is 0 Å². The van der Waals surface area contributed by atoms with Crippen molar-refractivity contribution in [2.75, 3.05) is 0 Å². The molecule has 0 bridgehead atoms. The van der Waals surface area contributed by atoms with E-state index in [2.05, 4.69) is 39.0 Å². The first-order valence-corrected chi connectivity index (χ1v) is 9.57. The van der Waals surface area contributed by atoms with Crippen LogP contribution in [0, 0.1) is 23.7 Å². The van der Waals surface area contributed by atoms with E-state index in [4.69, 9.17) is 0 Å². The van der Waals surface area contributed by atoms with Crippen LogP contribution in [0.2, 0.25) is 0 Å². The number of hydrogen-bond acceptors (Lipinski definition) is 0. The lowest BCUT2D eigenvalue weighted by Crippen LogP contribution is -2.17. The third-order valence-electron chi connectivity index (χ3n) is 6.23. The summed E-state index contributed by atoms with van der Waals surface area (Å²) in [6.45, 7) is 7.22. The van der Waals surface area contributed by atoms with Crippen molar-refractivity contribution >= 4 is 0 Å². The summed E-state index contributed by atoms with van der Waals surface area (Å²) in [6.07, 6.45) is 21.4. The summed E-state index contributed by atoms with van der Waals surface area (Å²) < 4.78 is 0. The van der Waals surface area contributed by atoms with Crippen LogP contribution in [0.15, 0.2) is 23.8 Å². The van der Waals surface area contributed by atoms with E-state index in [1.54, 1.807) is 5.57 Å². The molecular formula is C21H36. The molecule has 1 fully saturated rings. The van der Waals surface area contributed by atoms with Crippen LogP contribution in [0.3, 0.4) is 0 Å². The SMILES string of the molecule is CCC(C)C(C)CCC1CCC(C2=CCCCC=C2)CC1. The van der Waals surface area contributed by atoms with E-state index in [0.717, 1.165) is 23.7 Å². The molecule has 21 heavy (non-hydrogen) atoms. The quantitative estimate of drug-likeness (QED) is 0.497. The van der Waals surface area contributed by atoms with E-state index in [-0.39, 0.29) is 0 Å². The average Bonchev–Trinajstić information content (AvgIpc) is 2.81. The third-order valence-corrected chi connectivity index (χ3v) is 6.23. The van der Waals surface area contributed by atoms with Gasteiger partial charge in [0, 0.05) is 0 Å². The van der Waals surface area contributed by atoms with Crippen molar-refractivity contribution in [1.29, 1.82) is 0 Å². The van der Waals surface area contributed by atoms with Gasteiger partial charge in [0.15, 0.2) is 0 Å². The summed E-state index contributed by atoms with van der Waals surface area (Å²) in [6, 6.07) is 0. The Kier molecular flexibility index (Phi) is 7.07. The second kappa shape index (κ2) is 8.81. The molecule has 0 amide bonds. The van der Waals surface area contributed by atoms with E-state index in [9.17, 15) is 0 Å². The van der Waals surface area contributed by atoms with Crippen LogP contribution >= 0.6 is 0 Å². The molecule has 0 aromatic rings. The molecule has 0 aromatic carbocycles. The molecule has 0 aliphatic heterocycles. The fourth-order valence-electron chi connectivity index (χ4n) is 4.06. The molecule has 2 rings (SSSR count). The van der Waals surface area contributed by atoms with Gasteiger partial charge < -0.3 is 0 Å². The smallest absolute Gasteiger partial charge is 0.0165 e.